The molecule has 2 aromatic carbocycles. The van der Waals surface area contributed by atoms with Gasteiger partial charge in [-0.25, -0.2) is 9.97 Å². The second-order valence-electron chi connectivity index (χ2n) is 9.25. The number of rotatable bonds is 4. The van der Waals surface area contributed by atoms with Gasteiger partial charge in [0.15, 0.2) is 0 Å². The topological polar surface area (TPSA) is 52.6 Å². The molecule has 33 heavy (non-hydrogen) atoms. The number of carbonyl (C=O) groups is 1. The van der Waals surface area contributed by atoms with Crippen molar-refractivity contribution in [1.29, 1.82) is 0 Å². The molecule has 170 valence electrons. The van der Waals surface area contributed by atoms with Gasteiger partial charge in [-0.05, 0) is 55.0 Å². The summed E-state index contributed by atoms with van der Waals surface area (Å²) in [6.07, 6.45) is 5.94. The van der Waals surface area contributed by atoms with Gasteiger partial charge >= 0.3 is 0 Å². The van der Waals surface area contributed by atoms with Crippen molar-refractivity contribution in [3.8, 4) is 11.1 Å². The average molecular weight is 442 g/mol. The number of benzene rings is 2. The van der Waals surface area contributed by atoms with Crippen molar-refractivity contribution in [3.63, 3.8) is 0 Å². The first kappa shape index (κ1) is 21.4. The Labute approximate surface area is 195 Å². The van der Waals surface area contributed by atoms with Crippen molar-refractivity contribution in [2.24, 2.45) is 0 Å². The zero-order valence-corrected chi connectivity index (χ0v) is 19.7. The predicted molar refractivity (Wildman–Crippen MR) is 133 cm³/mol. The van der Waals surface area contributed by atoms with E-state index in [4.69, 9.17) is 4.98 Å². The number of fused-ring (bicyclic) bond motifs is 1. The molecule has 1 atom stereocenters. The number of hydrogen-bond acceptors (Lipinski definition) is 5. The first-order valence-electron chi connectivity index (χ1n) is 11.8. The lowest BCUT2D eigenvalue weighted by molar-refractivity contribution is 0.0733. The highest BCUT2D eigenvalue weighted by Crippen LogP contribution is 2.38. The van der Waals surface area contributed by atoms with E-state index in [2.05, 4.69) is 41.2 Å². The van der Waals surface area contributed by atoms with Crippen molar-refractivity contribution >= 4 is 17.5 Å². The molecule has 0 spiro atoms. The minimum Gasteiger partial charge on any atom is -0.374 e. The number of anilines is 2. The fourth-order valence-electron chi connectivity index (χ4n) is 5.07. The number of aromatic nitrogens is 2. The van der Waals surface area contributed by atoms with Crippen molar-refractivity contribution in [2.75, 3.05) is 44.0 Å². The second kappa shape index (κ2) is 8.85. The molecule has 1 fully saturated rings. The number of carbonyl (C=O) groups excluding carboxylic acids is 1. The summed E-state index contributed by atoms with van der Waals surface area (Å²) in [6, 6.07) is 16.4. The summed E-state index contributed by atoms with van der Waals surface area (Å²) in [5.41, 5.74) is 6.30. The van der Waals surface area contributed by atoms with Crippen LogP contribution in [-0.2, 0) is 6.42 Å². The standard InChI is InChI=1S/C27H31N5O/c1-30(2)27-28-18-22(19-9-5-4-6-10-19)25(29-27)24-12-8-16-32(24)26(33)21-13-14-23-20(17-21)11-7-15-31(23)3/h4-6,9-10,13-14,17-18,24H,7-8,11-12,15-16H2,1-3H3. The number of aryl methyl sites for hydroxylation is 1. The highest BCUT2D eigenvalue weighted by atomic mass is 16.2. The van der Waals surface area contributed by atoms with Gasteiger partial charge in [-0.15, -0.1) is 0 Å². The number of nitrogens with zero attached hydrogens (tertiary/aromatic N) is 5. The molecular formula is C27H31N5O. The van der Waals surface area contributed by atoms with Crippen molar-refractivity contribution in [2.45, 2.75) is 31.7 Å². The maximum atomic E-state index is 13.7. The quantitative estimate of drug-likeness (QED) is 0.594. The lowest BCUT2D eigenvalue weighted by Crippen LogP contribution is -2.32. The number of likely N-dealkylation sites (tertiary alicyclic amines) is 1. The van der Waals surface area contributed by atoms with Gasteiger partial charge in [0.2, 0.25) is 5.95 Å². The Morgan fingerprint density at radius 1 is 1.06 bits per heavy atom. The van der Waals surface area contributed by atoms with E-state index in [9.17, 15) is 4.79 Å². The molecule has 0 N–H and O–H groups in total. The lowest BCUT2D eigenvalue weighted by Gasteiger charge is -2.29. The molecule has 1 saturated heterocycles. The van der Waals surface area contributed by atoms with Crippen LogP contribution in [0.1, 0.15) is 46.9 Å². The molecule has 0 saturated carbocycles. The van der Waals surface area contributed by atoms with Crippen LogP contribution in [0.25, 0.3) is 11.1 Å². The van der Waals surface area contributed by atoms with E-state index in [1.54, 1.807) is 0 Å². The Kier molecular flexibility index (Phi) is 5.75. The molecule has 3 aromatic rings. The van der Waals surface area contributed by atoms with Gasteiger partial charge in [-0.3, -0.25) is 4.79 Å². The Balaban J connectivity index is 1.52. The van der Waals surface area contributed by atoms with Crippen LogP contribution in [0.5, 0.6) is 0 Å². The van der Waals surface area contributed by atoms with Gasteiger partial charge in [0.25, 0.3) is 5.91 Å². The minimum absolute atomic E-state index is 0.0619. The summed E-state index contributed by atoms with van der Waals surface area (Å²) < 4.78 is 0. The van der Waals surface area contributed by atoms with Crippen molar-refractivity contribution < 1.29 is 4.79 Å². The summed E-state index contributed by atoms with van der Waals surface area (Å²) in [5.74, 6) is 0.762. The number of hydrogen-bond donors (Lipinski definition) is 0. The third-order valence-electron chi connectivity index (χ3n) is 6.80. The SMILES string of the molecule is CN(C)c1ncc(-c2ccccc2)c(C2CCCN2C(=O)c2ccc3c(c2)CCCN3C)n1. The molecule has 0 bridgehead atoms. The lowest BCUT2D eigenvalue weighted by atomic mass is 9.98. The largest absolute Gasteiger partial charge is 0.374 e. The van der Waals surface area contributed by atoms with Crippen LogP contribution in [0.4, 0.5) is 11.6 Å². The Morgan fingerprint density at radius 3 is 2.67 bits per heavy atom. The molecule has 5 rings (SSSR count). The summed E-state index contributed by atoms with van der Waals surface area (Å²) >= 11 is 0. The third-order valence-corrected chi connectivity index (χ3v) is 6.80. The summed E-state index contributed by atoms with van der Waals surface area (Å²) in [4.78, 5) is 29.5. The van der Waals surface area contributed by atoms with E-state index in [-0.39, 0.29) is 11.9 Å². The molecule has 2 aliphatic rings. The predicted octanol–water partition coefficient (Wildman–Crippen LogP) is 4.57. The van der Waals surface area contributed by atoms with Crippen LogP contribution >= 0.6 is 0 Å². The Hall–Kier alpha value is -3.41. The van der Waals surface area contributed by atoms with E-state index in [0.29, 0.717) is 5.95 Å². The molecule has 6 heteroatoms. The molecule has 1 amide bonds. The Morgan fingerprint density at radius 2 is 1.88 bits per heavy atom. The van der Waals surface area contributed by atoms with Crippen molar-refractivity contribution in [1.82, 2.24) is 14.9 Å². The molecule has 2 aliphatic heterocycles. The molecule has 0 aliphatic carbocycles. The van der Waals surface area contributed by atoms with Crippen LogP contribution in [0.15, 0.2) is 54.7 Å². The highest BCUT2D eigenvalue weighted by molar-refractivity contribution is 5.95. The zero-order chi connectivity index (χ0) is 22.9. The summed E-state index contributed by atoms with van der Waals surface area (Å²) in [7, 11) is 6.02. The van der Waals surface area contributed by atoms with E-state index in [1.807, 2.05) is 54.4 Å². The minimum atomic E-state index is -0.0619. The van der Waals surface area contributed by atoms with Crippen molar-refractivity contribution in [3.05, 3.63) is 71.5 Å². The average Bonchev–Trinajstić information content (AvgIpc) is 3.33. The second-order valence-corrected chi connectivity index (χ2v) is 9.25. The summed E-state index contributed by atoms with van der Waals surface area (Å²) in [6.45, 7) is 1.81. The first-order chi connectivity index (χ1) is 16.0. The van der Waals surface area contributed by atoms with Gasteiger partial charge in [-0.2, -0.15) is 0 Å². The fourth-order valence-corrected chi connectivity index (χ4v) is 5.07. The molecule has 0 radical (unpaired) electrons. The zero-order valence-electron chi connectivity index (χ0n) is 19.7. The highest BCUT2D eigenvalue weighted by Gasteiger charge is 2.34. The van der Waals surface area contributed by atoms with Crippen LogP contribution in [0.3, 0.4) is 0 Å². The normalized spacial score (nSPS) is 17.7. The van der Waals surface area contributed by atoms with Gasteiger partial charge in [0, 0.05) is 57.2 Å². The van der Waals surface area contributed by atoms with E-state index >= 15 is 0 Å². The molecule has 3 heterocycles. The van der Waals surface area contributed by atoms with E-state index < -0.39 is 0 Å². The van der Waals surface area contributed by atoms with Crippen LogP contribution in [0, 0.1) is 0 Å². The molecule has 1 aromatic heterocycles. The number of amides is 1. The van der Waals surface area contributed by atoms with Gasteiger partial charge in [0.05, 0.1) is 11.7 Å². The van der Waals surface area contributed by atoms with Crippen LogP contribution < -0.4 is 9.80 Å². The Bertz CT molecular complexity index is 1160. The maximum absolute atomic E-state index is 13.7. The molecule has 1 unspecified atom stereocenters. The van der Waals surface area contributed by atoms with Gasteiger partial charge in [0.1, 0.15) is 0 Å². The fraction of sp³-hybridized carbons (Fsp3) is 0.370. The smallest absolute Gasteiger partial charge is 0.254 e. The molecule has 6 nitrogen and oxygen atoms in total. The summed E-state index contributed by atoms with van der Waals surface area (Å²) in [5, 5.41) is 0. The van der Waals surface area contributed by atoms with E-state index in [0.717, 1.165) is 61.2 Å². The van der Waals surface area contributed by atoms with Crippen LogP contribution in [0.2, 0.25) is 0 Å². The first-order valence-corrected chi connectivity index (χ1v) is 11.8. The monoisotopic (exact) mass is 441 g/mol. The molecular weight excluding hydrogens is 410 g/mol. The van der Waals surface area contributed by atoms with Gasteiger partial charge in [-0.1, -0.05) is 30.3 Å². The third kappa shape index (κ3) is 4.06. The van der Waals surface area contributed by atoms with Gasteiger partial charge < -0.3 is 14.7 Å². The van der Waals surface area contributed by atoms with Crippen LogP contribution in [-0.4, -0.2) is 55.0 Å². The van der Waals surface area contributed by atoms with E-state index in [1.165, 1.54) is 11.3 Å². The maximum Gasteiger partial charge on any atom is 0.254 e.